The van der Waals surface area contributed by atoms with Crippen LogP contribution in [-0.4, -0.2) is 13.7 Å². The van der Waals surface area contributed by atoms with E-state index in [2.05, 4.69) is 0 Å². The Morgan fingerprint density at radius 2 is 1.94 bits per heavy atom. The van der Waals surface area contributed by atoms with E-state index in [1.807, 2.05) is 0 Å². The molecule has 3 nitrogen and oxygen atoms in total. The second-order valence-corrected chi connectivity index (χ2v) is 6.54. The molecular weight excluding hydrogens is 241 g/mol. The van der Waals surface area contributed by atoms with Crippen LogP contribution >= 0.6 is 0 Å². The summed E-state index contributed by atoms with van der Waals surface area (Å²) in [5.74, 6) is -0.760. The van der Waals surface area contributed by atoms with E-state index in [0.717, 1.165) is 0 Å². The second-order valence-electron chi connectivity index (χ2n) is 4.12. The van der Waals surface area contributed by atoms with Crippen molar-refractivity contribution in [3.63, 3.8) is 0 Å². The predicted octanol–water partition coefficient (Wildman–Crippen LogP) is 2.00. The van der Waals surface area contributed by atoms with Gasteiger partial charge in [-0.05, 0) is 13.3 Å². The Morgan fingerprint density at radius 1 is 1.35 bits per heavy atom. The number of halogens is 1. The number of hydrogen-bond acceptors (Lipinski definition) is 3. The molecule has 0 saturated heterocycles. The molecule has 0 aliphatic heterocycles. The quantitative estimate of drug-likeness (QED) is 0.879. The minimum absolute atomic E-state index is 0.0725. The number of benzene rings is 1. The molecule has 1 rings (SSSR count). The van der Waals surface area contributed by atoms with E-state index in [-0.39, 0.29) is 17.9 Å². The van der Waals surface area contributed by atoms with Crippen LogP contribution in [0, 0.1) is 5.82 Å². The van der Waals surface area contributed by atoms with Crippen molar-refractivity contribution >= 4 is 9.84 Å². The molecule has 5 heteroatoms. The second kappa shape index (κ2) is 5.60. The molecule has 0 radical (unpaired) electrons. The standard InChI is InChI=1S/C12H18FNO2S/c1-3-9(2)17(15,16)8-11-6-4-5-10(7-14)12(11)13/h4-6,9H,3,7-8,14H2,1-2H3. The Morgan fingerprint density at radius 3 is 2.47 bits per heavy atom. The lowest BCUT2D eigenvalue weighted by atomic mass is 10.1. The predicted molar refractivity (Wildman–Crippen MR) is 66.7 cm³/mol. The first kappa shape index (κ1) is 14.1. The summed E-state index contributed by atoms with van der Waals surface area (Å²) in [6.07, 6.45) is 0.528. The lowest BCUT2D eigenvalue weighted by Crippen LogP contribution is -2.19. The average molecular weight is 259 g/mol. The minimum atomic E-state index is -3.29. The van der Waals surface area contributed by atoms with Crippen molar-refractivity contribution in [2.24, 2.45) is 5.73 Å². The Bertz CT molecular complexity index is 485. The van der Waals surface area contributed by atoms with Crippen molar-refractivity contribution in [1.29, 1.82) is 0 Å². The van der Waals surface area contributed by atoms with Crippen molar-refractivity contribution in [2.45, 2.75) is 37.8 Å². The van der Waals surface area contributed by atoms with Gasteiger partial charge in [0.1, 0.15) is 5.82 Å². The van der Waals surface area contributed by atoms with E-state index in [4.69, 9.17) is 5.73 Å². The van der Waals surface area contributed by atoms with Gasteiger partial charge < -0.3 is 5.73 Å². The summed E-state index contributed by atoms with van der Waals surface area (Å²) in [5, 5.41) is -0.455. The maximum atomic E-state index is 13.8. The number of rotatable bonds is 5. The fourth-order valence-electron chi connectivity index (χ4n) is 1.52. The fraction of sp³-hybridized carbons (Fsp3) is 0.500. The molecule has 1 atom stereocenters. The van der Waals surface area contributed by atoms with Crippen molar-refractivity contribution in [3.8, 4) is 0 Å². The summed E-state index contributed by atoms with van der Waals surface area (Å²) < 4.78 is 37.6. The van der Waals surface area contributed by atoms with Gasteiger partial charge in [-0.3, -0.25) is 0 Å². The lowest BCUT2D eigenvalue weighted by molar-refractivity contribution is 0.571. The SMILES string of the molecule is CCC(C)S(=O)(=O)Cc1cccc(CN)c1F. The van der Waals surface area contributed by atoms with Crippen LogP contribution in [0.1, 0.15) is 31.4 Å². The van der Waals surface area contributed by atoms with E-state index < -0.39 is 20.9 Å². The van der Waals surface area contributed by atoms with Crippen LogP contribution in [-0.2, 0) is 22.1 Å². The molecule has 0 heterocycles. The van der Waals surface area contributed by atoms with E-state index in [9.17, 15) is 12.8 Å². The topological polar surface area (TPSA) is 60.2 Å². The van der Waals surface area contributed by atoms with Gasteiger partial charge in [-0.15, -0.1) is 0 Å². The zero-order valence-electron chi connectivity index (χ0n) is 10.1. The third-order valence-electron chi connectivity index (χ3n) is 2.92. The lowest BCUT2D eigenvalue weighted by Gasteiger charge is -2.12. The molecular formula is C12H18FNO2S. The molecule has 0 aliphatic rings. The first-order chi connectivity index (χ1) is 7.92. The highest BCUT2D eigenvalue weighted by Crippen LogP contribution is 2.18. The third-order valence-corrected chi connectivity index (χ3v) is 5.20. The summed E-state index contributed by atoms with van der Waals surface area (Å²) in [6.45, 7) is 3.51. The molecule has 2 N–H and O–H groups in total. The van der Waals surface area contributed by atoms with Gasteiger partial charge in [0.2, 0.25) is 0 Å². The van der Waals surface area contributed by atoms with Crippen LogP contribution in [0.3, 0.4) is 0 Å². The molecule has 1 aromatic carbocycles. The van der Waals surface area contributed by atoms with Crippen LogP contribution in [0.2, 0.25) is 0 Å². The molecule has 0 fully saturated rings. The van der Waals surface area contributed by atoms with Crippen LogP contribution in [0.5, 0.6) is 0 Å². The third kappa shape index (κ3) is 3.26. The van der Waals surface area contributed by atoms with E-state index >= 15 is 0 Å². The Balaban J connectivity index is 3.04. The first-order valence-electron chi connectivity index (χ1n) is 5.60. The van der Waals surface area contributed by atoms with Gasteiger partial charge in [-0.1, -0.05) is 25.1 Å². The van der Waals surface area contributed by atoms with Gasteiger partial charge in [-0.25, -0.2) is 12.8 Å². The van der Waals surface area contributed by atoms with Crippen molar-refractivity contribution < 1.29 is 12.8 Å². The summed E-state index contributed by atoms with van der Waals surface area (Å²) >= 11 is 0. The molecule has 0 aromatic heterocycles. The van der Waals surface area contributed by atoms with Crippen molar-refractivity contribution in [2.75, 3.05) is 0 Å². The molecule has 0 amide bonds. The van der Waals surface area contributed by atoms with Gasteiger partial charge in [0.05, 0.1) is 11.0 Å². The normalized spacial score (nSPS) is 13.6. The summed E-state index contributed by atoms with van der Waals surface area (Å²) in [7, 11) is -3.29. The highest BCUT2D eigenvalue weighted by molar-refractivity contribution is 7.91. The summed E-state index contributed by atoms with van der Waals surface area (Å²) in [6, 6.07) is 4.69. The van der Waals surface area contributed by atoms with E-state index in [1.54, 1.807) is 26.0 Å². The van der Waals surface area contributed by atoms with E-state index in [1.165, 1.54) is 6.07 Å². The minimum Gasteiger partial charge on any atom is -0.326 e. The smallest absolute Gasteiger partial charge is 0.157 e. The van der Waals surface area contributed by atoms with Crippen LogP contribution < -0.4 is 5.73 Å². The molecule has 0 spiro atoms. The average Bonchev–Trinajstić information content (AvgIpc) is 2.30. The zero-order chi connectivity index (χ0) is 13.1. The fourth-order valence-corrected chi connectivity index (χ4v) is 2.96. The Kier molecular flexibility index (Phi) is 4.65. The van der Waals surface area contributed by atoms with Crippen LogP contribution in [0.15, 0.2) is 18.2 Å². The van der Waals surface area contributed by atoms with Gasteiger partial charge >= 0.3 is 0 Å². The van der Waals surface area contributed by atoms with Crippen molar-refractivity contribution in [1.82, 2.24) is 0 Å². The maximum absolute atomic E-state index is 13.8. The Labute approximate surface area is 102 Å². The number of sulfone groups is 1. The number of nitrogens with two attached hydrogens (primary N) is 1. The maximum Gasteiger partial charge on any atom is 0.157 e. The first-order valence-corrected chi connectivity index (χ1v) is 7.31. The van der Waals surface area contributed by atoms with Crippen LogP contribution in [0.4, 0.5) is 4.39 Å². The molecule has 1 aromatic rings. The van der Waals surface area contributed by atoms with Crippen molar-refractivity contribution in [3.05, 3.63) is 35.1 Å². The molecule has 0 saturated carbocycles. The molecule has 17 heavy (non-hydrogen) atoms. The molecule has 0 aliphatic carbocycles. The highest BCUT2D eigenvalue weighted by atomic mass is 32.2. The largest absolute Gasteiger partial charge is 0.326 e. The number of hydrogen-bond donors (Lipinski definition) is 1. The molecule has 1 unspecified atom stereocenters. The molecule has 0 bridgehead atoms. The van der Waals surface area contributed by atoms with Gasteiger partial charge in [0.15, 0.2) is 9.84 Å². The zero-order valence-corrected chi connectivity index (χ0v) is 10.9. The monoisotopic (exact) mass is 259 g/mol. The van der Waals surface area contributed by atoms with Crippen LogP contribution in [0.25, 0.3) is 0 Å². The summed E-state index contributed by atoms with van der Waals surface area (Å²) in [5.41, 5.74) is 5.93. The van der Waals surface area contributed by atoms with E-state index in [0.29, 0.717) is 12.0 Å². The summed E-state index contributed by atoms with van der Waals surface area (Å²) in [4.78, 5) is 0. The van der Waals surface area contributed by atoms with Gasteiger partial charge in [-0.2, -0.15) is 0 Å². The molecule has 96 valence electrons. The Hall–Kier alpha value is -0.940. The van der Waals surface area contributed by atoms with Gasteiger partial charge in [0.25, 0.3) is 0 Å². The van der Waals surface area contributed by atoms with Gasteiger partial charge in [0, 0.05) is 17.7 Å². The highest BCUT2D eigenvalue weighted by Gasteiger charge is 2.21.